The zero-order valence-corrected chi connectivity index (χ0v) is 28.1. The zero-order valence-electron chi connectivity index (χ0n) is 25.7. The summed E-state index contributed by atoms with van der Waals surface area (Å²) in [5.41, 5.74) is 2.13. The molecule has 2 aliphatic carbocycles. The van der Waals surface area contributed by atoms with Gasteiger partial charge in [-0.3, -0.25) is 9.69 Å². The van der Waals surface area contributed by atoms with Gasteiger partial charge in [-0.05, 0) is 89.8 Å². The summed E-state index contributed by atoms with van der Waals surface area (Å²) in [7, 11) is 1.69. The second-order valence-corrected chi connectivity index (χ2v) is 15.2. The lowest BCUT2D eigenvalue weighted by Crippen LogP contribution is -2.78. The summed E-state index contributed by atoms with van der Waals surface area (Å²) in [5, 5.41) is 15.1. The molecular weight excluding hydrogens is 636 g/mol. The van der Waals surface area contributed by atoms with Crippen molar-refractivity contribution in [1.29, 1.82) is 0 Å². The van der Waals surface area contributed by atoms with Gasteiger partial charge < -0.3 is 19.5 Å². The molecule has 2 aromatic carbocycles. The number of hydrogen-bond donors (Lipinski definition) is 1. The summed E-state index contributed by atoms with van der Waals surface area (Å²) < 4.78 is 13.9. The van der Waals surface area contributed by atoms with Crippen LogP contribution >= 0.6 is 27.3 Å². The van der Waals surface area contributed by atoms with E-state index in [1.54, 1.807) is 24.5 Å². The van der Waals surface area contributed by atoms with Crippen molar-refractivity contribution in [2.24, 2.45) is 5.92 Å². The van der Waals surface area contributed by atoms with E-state index in [0.717, 1.165) is 53.0 Å². The average Bonchev–Trinajstić information content (AvgIpc) is 3.59. The van der Waals surface area contributed by atoms with Gasteiger partial charge in [0, 0.05) is 45.5 Å². The summed E-state index contributed by atoms with van der Waals surface area (Å²) >= 11 is 5.12. The number of methoxy groups -OCH3 is 1. The molecule has 2 bridgehead atoms. The number of hydrogen-bond acceptors (Lipinski definition) is 6. The summed E-state index contributed by atoms with van der Waals surface area (Å²) in [6.45, 7) is 6.73. The number of carbonyl (C=O) groups excluding carboxylic acids is 1. The van der Waals surface area contributed by atoms with Crippen molar-refractivity contribution in [2.75, 3.05) is 26.7 Å². The summed E-state index contributed by atoms with van der Waals surface area (Å²) in [6, 6.07) is 16.7. The Balaban J connectivity index is 1.26. The molecule has 6 nitrogen and oxygen atoms in total. The van der Waals surface area contributed by atoms with Crippen molar-refractivity contribution >= 4 is 39.2 Å². The van der Waals surface area contributed by atoms with E-state index < -0.39 is 11.0 Å². The minimum atomic E-state index is -0.959. The minimum absolute atomic E-state index is 0.00513. The maximum absolute atomic E-state index is 14.0. The fraction of sp³-hybridized carbons (Fsp3) is 0.472. The normalized spacial score (nSPS) is 28.6. The number of ether oxygens (including phenoxy) is 2. The van der Waals surface area contributed by atoms with Crippen LogP contribution in [0.2, 0.25) is 0 Å². The molecule has 2 fully saturated rings. The molecule has 3 heterocycles. The molecule has 1 saturated carbocycles. The number of piperidine rings is 1. The number of thiophene rings is 1. The summed E-state index contributed by atoms with van der Waals surface area (Å²) in [5.74, 6) is 1.76. The number of nitrogens with zero attached hydrogens (tertiary/aromatic N) is 2. The lowest BCUT2D eigenvalue weighted by molar-refractivity contribution is -0.201. The van der Waals surface area contributed by atoms with Crippen LogP contribution in [0.4, 0.5) is 0 Å². The number of amides is 1. The van der Waals surface area contributed by atoms with Gasteiger partial charge in [0.15, 0.2) is 11.5 Å². The monoisotopic (exact) mass is 676 g/mol. The van der Waals surface area contributed by atoms with Crippen molar-refractivity contribution in [1.82, 2.24) is 9.80 Å². The maximum atomic E-state index is 14.0. The van der Waals surface area contributed by atoms with E-state index in [9.17, 15) is 9.90 Å². The van der Waals surface area contributed by atoms with Crippen molar-refractivity contribution in [3.8, 4) is 11.5 Å². The van der Waals surface area contributed by atoms with E-state index in [1.165, 1.54) is 11.1 Å². The molecule has 1 saturated heterocycles. The molecule has 1 aromatic heterocycles. The number of benzene rings is 2. The molecule has 1 amide bonds. The Morgan fingerprint density at radius 1 is 1.25 bits per heavy atom. The molecule has 232 valence electrons. The third-order valence-electron chi connectivity index (χ3n) is 10.5. The molecule has 0 unspecified atom stereocenters. The molecule has 5 atom stereocenters. The van der Waals surface area contributed by atoms with E-state index >= 15 is 0 Å². The zero-order chi connectivity index (χ0) is 30.6. The van der Waals surface area contributed by atoms with E-state index in [4.69, 9.17) is 9.47 Å². The Hall–Kier alpha value is -2.65. The predicted molar refractivity (Wildman–Crippen MR) is 178 cm³/mol. The van der Waals surface area contributed by atoms with Crippen LogP contribution in [-0.4, -0.2) is 71.3 Å². The Labute approximate surface area is 272 Å². The largest absolute Gasteiger partial charge is 0.493 e. The lowest BCUT2D eigenvalue weighted by Gasteiger charge is -2.65. The Bertz CT molecular complexity index is 1570. The van der Waals surface area contributed by atoms with Gasteiger partial charge in [-0.15, -0.1) is 11.3 Å². The van der Waals surface area contributed by atoms with Crippen LogP contribution in [0, 0.1) is 5.92 Å². The second-order valence-electron chi connectivity index (χ2n) is 13.3. The quantitative estimate of drug-likeness (QED) is 0.263. The van der Waals surface area contributed by atoms with Gasteiger partial charge in [0.05, 0.1) is 24.2 Å². The number of aliphatic hydroxyl groups is 1. The minimum Gasteiger partial charge on any atom is -0.493 e. The summed E-state index contributed by atoms with van der Waals surface area (Å²) in [6.07, 6.45) is 7.11. The van der Waals surface area contributed by atoms with Gasteiger partial charge in [-0.2, -0.15) is 0 Å². The summed E-state index contributed by atoms with van der Waals surface area (Å²) in [4.78, 5) is 19.6. The van der Waals surface area contributed by atoms with Gasteiger partial charge in [0.1, 0.15) is 6.10 Å². The first-order valence-electron chi connectivity index (χ1n) is 15.8. The number of likely N-dealkylation sites (tertiary alicyclic amines) is 1. The highest BCUT2D eigenvalue weighted by atomic mass is 79.9. The maximum Gasteiger partial charge on any atom is 0.246 e. The Morgan fingerprint density at radius 3 is 2.80 bits per heavy atom. The van der Waals surface area contributed by atoms with Crippen LogP contribution in [0.25, 0.3) is 6.08 Å². The first-order chi connectivity index (χ1) is 21.2. The standard InChI is InChI=1S/C36H41BrN2O4S/c1-23(2)21-39(31(40)12-10-27-20-26(37)22-44-27)28-13-15-36(41)30-19-25-9-11-29(42-3)33-32(25)35(36,34(28)43-33)16-18-38(30)17-14-24-7-5-4-6-8-24/h4-12,20,22-23,28,30,34,41H,13-19,21H2,1-3H3/b12-10+/t28-,30-,34+,35+,36-/m1/s1. The molecule has 4 aliphatic rings. The molecule has 7 rings (SSSR count). The molecule has 3 aromatic rings. The molecule has 1 spiro atoms. The first-order valence-corrected chi connectivity index (χ1v) is 17.5. The van der Waals surface area contributed by atoms with Crippen LogP contribution in [0.15, 0.2) is 64.5 Å². The van der Waals surface area contributed by atoms with E-state index in [1.807, 2.05) is 28.5 Å². The number of carbonyl (C=O) groups is 1. The molecule has 2 aliphatic heterocycles. The molecular formula is C36H41BrN2O4S. The van der Waals surface area contributed by atoms with E-state index in [2.05, 4.69) is 71.1 Å². The number of rotatable bonds is 9. The van der Waals surface area contributed by atoms with Crippen molar-refractivity contribution in [2.45, 2.75) is 75.2 Å². The molecule has 8 heteroatoms. The second kappa shape index (κ2) is 11.6. The molecule has 1 N–H and O–H groups in total. The third kappa shape index (κ3) is 4.75. The van der Waals surface area contributed by atoms with Crippen molar-refractivity contribution in [3.05, 3.63) is 86.0 Å². The fourth-order valence-corrected chi connectivity index (χ4v) is 10.0. The average molecular weight is 678 g/mol. The Morgan fingerprint density at radius 2 is 2.07 bits per heavy atom. The van der Waals surface area contributed by atoms with Crippen molar-refractivity contribution in [3.63, 3.8) is 0 Å². The SMILES string of the molecule is COc1ccc2c3c1O[C@H]1[C@H](N(CC(C)C)C(=O)/C=C/c4cc(Br)cs4)CC[C@@]4(O)[C@@H](C2)N(CCc2ccccc2)CC[C@]314. The molecule has 44 heavy (non-hydrogen) atoms. The molecule has 0 radical (unpaired) electrons. The van der Waals surface area contributed by atoms with Crippen molar-refractivity contribution < 1.29 is 19.4 Å². The van der Waals surface area contributed by atoms with Crippen LogP contribution < -0.4 is 9.47 Å². The highest BCUT2D eigenvalue weighted by molar-refractivity contribution is 9.10. The topological polar surface area (TPSA) is 62.2 Å². The van der Waals surface area contributed by atoms with Gasteiger partial charge in [-0.1, -0.05) is 50.2 Å². The van der Waals surface area contributed by atoms with Gasteiger partial charge in [0.2, 0.25) is 5.91 Å². The van der Waals surface area contributed by atoms with Gasteiger partial charge in [-0.25, -0.2) is 0 Å². The first kappa shape index (κ1) is 30.0. The Kier molecular flexibility index (Phi) is 7.93. The lowest BCUT2D eigenvalue weighted by atomic mass is 9.48. The number of halogens is 1. The van der Waals surface area contributed by atoms with E-state index in [0.29, 0.717) is 25.1 Å². The van der Waals surface area contributed by atoms with Crippen LogP contribution in [0.1, 0.15) is 54.7 Å². The van der Waals surface area contributed by atoms with Crippen LogP contribution in [0.3, 0.4) is 0 Å². The third-order valence-corrected chi connectivity index (χ3v) is 12.2. The van der Waals surface area contributed by atoms with E-state index in [-0.39, 0.29) is 30.0 Å². The smallest absolute Gasteiger partial charge is 0.246 e. The van der Waals surface area contributed by atoms with Crippen LogP contribution in [-0.2, 0) is 23.1 Å². The fourth-order valence-electron chi connectivity index (χ4n) is 8.71. The highest BCUT2D eigenvalue weighted by Crippen LogP contribution is 2.66. The van der Waals surface area contributed by atoms with Crippen LogP contribution in [0.5, 0.6) is 11.5 Å². The van der Waals surface area contributed by atoms with Gasteiger partial charge in [0.25, 0.3) is 0 Å². The van der Waals surface area contributed by atoms with Gasteiger partial charge >= 0.3 is 0 Å². The predicted octanol–water partition coefficient (Wildman–Crippen LogP) is 6.48. The highest BCUT2D eigenvalue weighted by Gasteiger charge is 2.73.